The van der Waals surface area contributed by atoms with E-state index in [0.29, 0.717) is 29.1 Å². The molecule has 0 saturated carbocycles. The number of aromatic amines is 1. The van der Waals surface area contributed by atoms with Crippen molar-refractivity contribution in [2.45, 2.75) is 38.8 Å². The van der Waals surface area contributed by atoms with Crippen molar-refractivity contribution in [3.63, 3.8) is 0 Å². The van der Waals surface area contributed by atoms with E-state index >= 15 is 0 Å². The van der Waals surface area contributed by atoms with E-state index in [2.05, 4.69) is 35.7 Å². The second kappa shape index (κ2) is 12.0. The number of anilines is 1. The van der Waals surface area contributed by atoms with Crippen LogP contribution in [-0.4, -0.2) is 66.5 Å². The van der Waals surface area contributed by atoms with Crippen LogP contribution in [0.5, 0.6) is 0 Å². The van der Waals surface area contributed by atoms with Crippen LogP contribution in [0.4, 0.5) is 5.13 Å². The summed E-state index contributed by atoms with van der Waals surface area (Å²) in [6, 6.07) is 0.374. The van der Waals surface area contributed by atoms with Crippen LogP contribution in [0, 0.1) is 6.92 Å². The highest BCUT2D eigenvalue weighted by Crippen LogP contribution is 2.29. The van der Waals surface area contributed by atoms with Crippen molar-refractivity contribution in [2.24, 2.45) is 16.8 Å². The van der Waals surface area contributed by atoms with E-state index < -0.39 is 0 Å². The number of piperidine rings is 1. The highest BCUT2D eigenvalue weighted by molar-refractivity contribution is 7.17. The van der Waals surface area contributed by atoms with Crippen molar-refractivity contribution in [1.29, 1.82) is 0 Å². The quantitative estimate of drug-likeness (QED) is 0.135. The van der Waals surface area contributed by atoms with Crippen LogP contribution in [0.3, 0.4) is 0 Å². The number of halogens is 1. The Morgan fingerprint density at radius 3 is 2.74 bits per heavy atom. The maximum Gasteiger partial charge on any atom is 0.186 e. The number of likely N-dealkylation sites (N-methyl/N-ethyl adjacent to an activating group) is 1. The first-order valence-corrected chi connectivity index (χ1v) is 11.0. The minimum absolute atomic E-state index is 0.145. The van der Waals surface area contributed by atoms with Crippen LogP contribution in [0.25, 0.3) is 0 Å². The van der Waals surface area contributed by atoms with Gasteiger partial charge in [0.1, 0.15) is 0 Å². The first-order chi connectivity index (χ1) is 14.9. The number of carbonyl (C=O) groups excluding carboxylic acids is 1. The second-order valence-electron chi connectivity index (χ2n) is 6.80. The summed E-state index contributed by atoms with van der Waals surface area (Å²) in [5.41, 5.74) is 4.18. The summed E-state index contributed by atoms with van der Waals surface area (Å²) in [6.45, 7) is 5.60. The molecule has 0 unspecified atom stereocenters. The summed E-state index contributed by atoms with van der Waals surface area (Å²) in [6.07, 6.45) is 2.56. The van der Waals surface area contributed by atoms with Gasteiger partial charge in [0.2, 0.25) is 0 Å². The van der Waals surface area contributed by atoms with E-state index in [1.54, 1.807) is 7.11 Å². The van der Waals surface area contributed by atoms with Gasteiger partial charge in [0.05, 0.1) is 22.4 Å². The lowest BCUT2D eigenvalue weighted by atomic mass is 10.0. The van der Waals surface area contributed by atoms with Crippen molar-refractivity contribution in [3.05, 3.63) is 27.2 Å². The molecule has 13 heteroatoms. The van der Waals surface area contributed by atoms with Crippen molar-refractivity contribution in [3.8, 4) is 0 Å². The molecule has 172 valence electrons. The predicted octanol–water partition coefficient (Wildman–Crippen LogP) is 0.786. The molecule has 0 aliphatic carbocycles. The molecule has 1 saturated heterocycles. The summed E-state index contributed by atoms with van der Waals surface area (Å²) in [7, 11) is 3.71. The summed E-state index contributed by atoms with van der Waals surface area (Å²) in [4.78, 5) is 24.3. The van der Waals surface area contributed by atoms with E-state index in [9.17, 15) is 4.79 Å². The number of aryl methyl sites for hydroxylation is 2. The fraction of sp³-hybridized carbons (Fsp3) is 0.556. The SMILES string of the molecule is CCc1[nH]c(C=O)nc1Cl.CN[C@@H]1CCN(c2nc(C)c(/C(=N/N)NN)s2)C[C@@H]1OC. The number of imidazole rings is 1. The zero-order chi connectivity index (χ0) is 23.0. The number of aromatic nitrogens is 3. The number of aldehydes is 1. The zero-order valence-electron chi connectivity index (χ0n) is 18.1. The Hall–Kier alpha value is -2.25. The summed E-state index contributed by atoms with van der Waals surface area (Å²) >= 11 is 7.15. The fourth-order valence-electron chi connectivity index (χ4n) is 3.26. The molecule has 0 radical (unpaired) electrons. The van der Waals surface area contributed by atoms with Gasteiger partial charge in [-0.1, -0.05) is 29.9 Å². The zero-order valence-corrected chi connectivity index (χ0v) is 19.7. The first-order valence-electron chi connectivity index (χ1n) is 9.79. The highest BCUT2D eigenvalue weighted by Gasteiger charge is 2.30. The number of hydrazone groups is 1. The van der Waals surface area contributed by atoms with Gasteiger partial charge in [-0.05, 0) is 26.8 Å². The van der Waals surface area contributed by atoms with Crippen LogP contribution >= 0.6 is 22.9 Å². The molecule has 2 atom stereocenters. The molecule has 0 bridgehead atoms. The smallest absolute Gasteiger partial charge is 0.186 e. The summed E-state index contributed by atoms with van der Waals surface area (Å²) < 4.78 is 5.57. The van der Waals surface area contributed by atoms with Crippen LogP contribution in [0.15, 0.2) is 5.10 Å². The number of hydrogen-bond acceptors (Lipinski definition) is 10. The standard InChI is InChI=1S/C12H23N7OS.C6H7ClN2O/c1-7-10(11(17-13)18-14)21-12(16-7)19-5-4-8(15-2)9(6-19)20-3;1-2-4-6(7)9-5(3-10)8-4/h8-9,15H,4-6,13-14H2,1-3H3,(H,17,18);3H,2H2,1H3,(H,8,9)/t8-,9+;/m1./s1. The predicted molar refractivity (Wildman–Crippen MR) is 124 cm³/mol. The minimum Gasteiger partial charge on any atom is -0.378 e. The maximum absolute atomic E-state index is 10.1. The Kier molecular flexibility index (Phi) is 9.65. The number of amidine groups is 1. The maximum atomic E-state index is 10.1. The molecule has 7 N–H and O–H groups in total. The Morgan fingerprint density at radius 1 is 1.52 bits per heavy atom. The average molecular weight is 472 g/mol. The van der Waals surface area contributed by atoms with Crippen LogP contribution in [-0.2, 0) is 11.2 Å². The molecule has 1 aliphatic heterocycles. The molecule has 3 rings (SSSR count). The number of nitrogens with one attached hydrogen (secondary N) is 3. The third-order valence-electron chi connectivity index (χ3n) is 4.98. The number of hydrazine groups is 1. The van der Waals surface area contributed by atoms with E-state index in [4.69, 9.17) is 28.0 Å². The molecule has 11 nitrogen and oxygen atoms in total. The average Bonchev–Trinajstić information content (AvgIpc) is 3.36. The van der Waals surface area contributed by atoms with Gasteiger partial charge >= 0.3 is 0 Å². The molecule has 2 aromatic heterocycles. The van der Waals surface area contributed by atoms with Gasteiger partial charge in [0.15, 0.2) is 28.2 Å². The summed E-state index contributed by atoms with van der Waals surface area (Å²) in [5.74, 6) is 11.5. The topological polar surface area (TPSA) is 160 Å². The van der Waals surface area contributed by atoms with Crippen molar-refractivity contribution in [2.75, 3.05) is 32.1 Å². The molecule has 1 aliphatic rings. The van der Waals surface area contributed by atoms with Crippen molar-refractivity contribution >= 4 is 40.2 Å². The van der Waals surface area contributed by atoms with Gasteiger partial charge in [-0.2, -0.15) is 5.10 Å². The number of ether oxygens (including phenoxy) is 1. The molecule has 0 spiro atoms. The number of hydrogen-bond donors (Lipinski definition) is 5. The largest absolute Gasteiger partial charge is 0.378 e. The lowest BCUT2D eigenvalue weighted by Gasteiger charge is -2.37. The molecule has 31 heavy (non-hydrogen) atoms. The number of nitrogens with zero attached hydrogens (tertiary/aromatic N) is 4. The molecular formula is C18H30ClN9O2S. The number of nitrogens with two attached hydrogens (primary N) is 2. The molecule has 0 amide bonds. The monoisotopic (exact) mass is 471 g/mol. The molecule has 2 aromatic rings. The van der Waals surface area contributed by atoms with E-state index in [0.717, 1.165) is 47.3 Å². The van der Waals surface area contributed by atoms with E-state index in [-0.39, 0.29) is 6.10 Å². The minimum atomic E-state index is 0.145. The van der Waals surface area contributed by atoms with Gasteiger partial charge in [0, 0.05) is 26.2 Å². The third-order valence-corrected chi connectivity index (χ3v) is 6.52. The first kappa shape index (κ1) is 25.0. The Morgan fingerprint density at radius 2 is 2.26 bits per heavy atom. The van der Waals surface area contributed by atoms with Crippen LogP contribution < -0.4 is 27.3 Å². The van der Waals surface area contributed by atoms with Crippen LogP contribution in [0.2, 0.25) is 5.15 Å². The third kappa shape index (κ3) is 6.14. The molecule has 0 aromatic carbocycles. The number of H-pyrrole nitrogens is 1. The fourth-order valence-corrected chi connectivity index (χ4v) is 4.59. The van der Waals surface area contributed by atoms with Gasteiger partial charge in [-0.25, -0.2) is 15.8 Å². The second-order valence-corrected chi connectivity index (χ2v) is 8.14. The normalized spacial score (nSPS) is 19.0. The van der Waals surface area contributed by atoms with Crippen molar-refractivity contribution in [1.82, 2.24) is 25.7 Å². The lowest BCUT2D eigenvalue weighted by Crippen LogP contribution is -2.52. The Balaban J connectivity index is 0.000000285. The Bertz CT molecular complexity index is 886. The number of thiazole rings is 1. The molecule has 1 fully saturated rings. The van der Waals surface area contributed by atoms with Crippen molar-refractivity contribution < 1.29 is 9.53 Å². The van der Waals surface area contributed by atoms with Gasteiger partial charge < -0.3 is 31.2 Å². The summed E-state index contributed by atoms with van der Waals surface area (Å²) in [5, 5.41) is 8.28. The number of carbonyl (C=O) groups is 1. The van der Waals surface area contributed by atoms with Gasteiger partial charge in [-0.3, -0.25) is 4.79 Å². The van der Waals surface area contributed by atoms with Gasteiger partial charge in [0.25, 0.3) is 0 Å². The Labute approximate surface area is 190 Å². The lowest BCUT2D eigenvalue weighted by molar-refractivity contribution is 0.0628. The number of rotatable bonds is 6. The molecule has 3 heterocycles. The van der Waals surface area contributed by atoms with E-state index in [1.807, 2.05) is 20.9 Å². The number of methoxy groups -OCH3 is 1. The molecular weight excluding hydrogens is 442 g/mol. The van der Waals surface area contributed by atoms with Gasteiger partial charge in [-0.15, -0.1) is 0 Å². The highest BCUT2D eigenvalue weighted by atomic mass is 35.5. The van der Waals surface area contributed by atoms with E-state index in [1.165, 1.54) is 11.3 Å². The van der Waals surface area contributed by atoms with Crippen LogP contribution in [0.1, 0.15) is 40.2 Å².